The number of hydrogen-bond acceptors (Lipinski definition) is 2. The molecule has 0 saturated heterocycles. The molecule has 0 aliphatic rings. The molecule has 19 heavy (non-hydrogen) atoms. The van der Waals surface area contributed by atoms with E-state index in [0.717, 1.165) is 18.4 Å². The van der Waals surface area contributed by atoms with Crippen molar-refractivity contribution in [3.8, 4) is 0 Å². The monoisotopic (exact) mass is 282 g/mol. The van der Waals surface area contributed by atoms with Gasteiger partial charge >= 0.3 is 5.97 Å². The van der Waals surface area contributed by atoms with E-state index < -0.39 is 4.87 Å². The Kier molecular flexibility index (Phi) is 6.36. The number of alkyl halides is 1. The third-order valence-corrected chi connectivity index (χ3v) is 3.69. The molecule has 1 unspecified atom stereocenters. The molecule has 0 saturated carbocycles. The van der Waals surface area contributed by atoms with Crippen molar-refractivity contribution in [3.05, 3.63) is 35.9 Å². The zero-order chi connectivity index (χ0) is 14.3. The van der Waals surface area contributed by atoms with Crippen LogP contribution in [0.4, 0.5) is 0 Å². The van der Waals surface area contributed by atoms with E-state index in [2.05, 4.69) is 13.8 Å². The van der Waals surface area contributed by atoms with Gasteiger partial charge in [0.1, 0.15) is 0 Å². The van der Waals surface area contributed by atoms with E-state index in [-0.39, 0.29) is 5.97 Å². The first-order valence-electron chi connectivity index (χ1n) is 6.92. The van der Waals surface area contributed by atoms with E-state index in [1.54, 1.807) is 6.92 Å². The predicted octanol–water partition coefficient (Wildman–Crippen LogP) is 4.51. The van der Waals surface area contributed by atoms with Gasteiger partial charge in [-0.1, -0.05) is 57.0 Å². The molecule has 3 heteroatoms. The Labute approximate surface area is 121 Å². The summed E-state index contributed by atoms with van der Waals surface area (Å²) in [5.41, 5.74) is 0.818. The van der Waals surface area contributed by atoms with Gasteiger partial charge in [0, 0.05) is 0 Å². The summed E-state index contributed by atoms with van der Waals surface area (Å²) in [5.74, 6) is 0.269. The lowest BCUT2D eigenvalue weighted by Crippen LogP contribution is -2.32. The number of hydrogen-bond donors (Lipinski definition) is 0. The smallest absolute Gasteiger partial charge is 0.331 e. The molecule has 106 valence electrons. The van der Waals surface area contributed by atoms with Gasteiger partial charge in [-0.25, -0.2) is 4.79 Å². The van der Waals surface area contributed by atoms with Gasteiger partial charge in [0.2, 0.25) is 0 Å². The van der Waals surface area contributed by atoms with E-state index in [4.69, 9.17) is 16.3 Å². The molecule has 1 aromatic carbocycles. The van der Waals surface area contributed by atoms with E-state index in [9.17, 15) is 4.79 Å². The molecule has 0 fully saturated rings. The van der Waals surface area contributed by atoms with Crippen molar-refractivity contribution in [2.24, 2.45) is 5.92 Å². The number of esters is 1. The number of halogens is 1. The number of rotatable bonds is 7. The topological polar surface area (TPSA) is 26.3 Å². The maximum absolute atomic E-state index is 12.2. The van der Waals surface area contributed by atoms with Crippen LogP contribution in [0, 0.1) is 5.92 Å². The van der Waals surface area contributed by atoms with E-state index in [1.807, 2.05) is 30.3 Å². The number of carbonyl (C=O) groups excluding carboxylic acids is 1. The van der Waals surface area contributed by atoms with Crippen LogP contribution in [0.15, 0.2) is 30.3 Å². The summed E-state index contributed by atoms with van der Waals surface area (Å²) in [7, 11) is 0. The van der Waals surface area contributed by atoms with Crippen molar-refractivity contribution in [1.29, 1.82) is 0 Å². The second-order valence-corrected chi connectivity index (χ2v) is 5.82. The molecule has 0 bridgehead atoms. The SMILES string of the molecule is CCOC(=O)C(Cl)(CCCC(C)C)c1ccccc1. The summed E-state index contributed by atoms with van der Waals surface area (Å²) in [6, 6.07) is 9.49. The fraction of sp³-hybridized carbons (Fsp3) is 0.562. The molecule has 0 spiro atoms. The molecule has 0 radical (unpaired) electrons. The minimum absolute atomic E-state index is 0.341. The lowest BCUT2D eigenvalue weighted by atomic mass is 9.91. The normalized spacial score (nSPS) is 14.2. The molecule has 0 aromatic heterocycles. The molecule has 0 aliphatic heterocycles. The standard InChI is InChI=1S/C16H23ClO2/c1-4-19-15(18)16(17,12-8-9-13(2)3)14-10-6-5-7-11-14/h5-7,10-11,13H,4,8-9,12H2,1-3H3. The van der Waals surface area contributed by atoms with Gasteiger partial charge in [-0.3, -0.25) is 0 Å². The maximum atomic E-state index is 12.2. The minimum atomic E-state index is -1.05. The molecule has 0 aliphatic carbocycles. The Morgan fingerprint density at radius 1 is 1.32 bits per heavy atom. The van der Waals surface area contributed by atoms with Gasteiger partial charge in [0.15, 0.2) is 4.87 Å². The number of ether oxygens (including phenoxy) is 1. The summed E-state index contributed by atoms with van der Waals surface area (Å²) < 4.78 is 5.15. The molecular formula is C16H23ClO2. The minimum Gasteiger partial charge on any atom is -0.464 e. The second-order valence-electron chi connectivity index (χ2n) is 5.17. The summed E-state index contributed by atoms with van der Waals surface area (Å²) >= 11 is 6.60. The van der Waals surface area contributed by atoms with Gasteiger partial charge in [-0.2, -0.15) is 0 Å². The first-order valence-corrected chi connectivity index (χ1v) is 7.30. The highest BCUT2D eigenvalue weighted by Crippen LogP contribution is 2.36. The fourth-order valence-electron chi connectivity index (χ4n) is 2.07. The van der Waals surface area contributed by atoms with Crippen LogP contribution in [0.2, 0.25) is 0 Å². The van der Waals surface area contributed by atoms with Crippen molar-refractivity contribution < 1.29 is 9.53 Å². The summed E-state index contributed by atoms with van der Waals surface area (Å²) in [5, 5.41) is 0. The zero-order valence-corrected chi connectivity index (χ0v) is 12.7. The van der Waals surface area contributed by atoms with Crippen LogP contribution in [0.1, 0.15) is 45.6 Å². The molecule has 1 aromatic rings. The fourth-order valence-corrected chi connectivity index (χ4v) is 2.38. The van der Waals surface area contributed by atoms with Crippen LogP contribution in [0.3, 0.4) is 0 Å². The van der Waals surface area contributed by atoms with Crippen molar-refractivity contribution >= 4 is 17.6 Å². The summed E-state index contributed by atoms with van der Waals surface area (Å²) in [6.07, 6.45) is 2.57. The summed E-state index contributed by atoms with van der Waals surface area (Å²) in [6.45, 7) is 6.49. The number of benzene rings is 1. The lowest BCUT2D eigenvalue weighted by Gasteiger charge is -2.25. The van der Waals surface area contributed by atoms with Crippen LogP contribution in [-0.2, 0) is 14.4 Å². The highest BCUT2D eigenvalue weighted by Gasteiger charge is 2.39. The zero-order valence-electron chi connectivity index (χ0n) is 12.0. The predicted molar refractivity (Wildman–Crippen MR) is 79.3 cm³/mol. The average Bonchev–Trinajstić information content (AvgIpc) is 2.39. The van der Waals surface area contributed by atoms with Crippen molar-refractivity contribution in [2.75, 3.05) is 6.61 Å². The highest BCUT2D eigenvalue weighted by atomic mass is 35.5. The maximum Gasteiger partial charge on any atom is 0.331 e. The quantitative estimate of drug-likeness (QED) is 0.543. The van der Waals surface area contributed by atoms with E-state index in [1.165, 1.54) is 0 Å². The largest absolute Gasteiger partial charge is 0.464 e. The first kappa shape index (κ1) is 16.0. The Morgan fingerprint density at radius 3 is 2.47 bits per heavy atom. The Morgan fingerprint density at radius 2 is 1.95 bits per heavy atom. The molecule has 1 atom stereocenters. The molecular weight excluding hydrogens is 260 g/mol. The highest BCUT2D eigenvalue weighted by molar-refractivity contribution is 6.33. The van der Waals surface area contributed by atoms with Gasteiger partial charge in [-0.05, 0) is 24.8 Å². The third kappa shape index (κ3) is 4.54. The molecule has 2 nitrogen and oxygen atoms in total. The van der Waals surface area contributed by atoms with Crippen LogP contribution in [-0.4, -0.2) is 12.6 Å². The molecule has 0 N–H and O–H groups in total. The first-order chi connectivity index (χ1) is 9.00. The molecule has 1 rings (SSSR count). The van der Waals surface area contributed by atoms with Crippen LogP contribution in [0.25, 0.3) is 0 Å². The van der Waals surface area contributed by atoms with Crippen molar-refractivity contribution in [2.45, 2.75) is 44.9 Å². The summed E-state index contributed by atoms with van der Waals surface area (Å²) in [4.78, 5) is 11.1. The van der Waals surface area contributed by atoms with E-state index >= 15 is 0 Å². The van der Waals surface area contributed by atoms with Crippen LogP contribution in [0.5, 0.6) is 0 Å². The second kappa shape index (κ2) is 7.54. The number of carbonyl (C=O) groups is 1. The molecule has 0 heterocycles. The average molecular weight is 283 g/mol. The van der Waals surface area contributed by atoms with Crippen molar-refractivity contribution in [1.82, 2.24) is 0 Å². The van der Waals surface area contributed by atoms with Gasteiger partial charge in [0.05, 0.1) is 6.61 Å². The molecule has 0 amide bonds. The van der Waals surface area contributed by atoms with Crippen LogP contribution < -0.4 is 0 Å². The van der Waals surface area contributed by atoms with E-state index in [0.29, 0.717) is 18.9 Å². The lowest BCUT2D eigenvalue weighted by molar-refractivity contribution is -0.147. The Hall–Kier alpha value is -1.02. The Balaban J connectivity index is 2.87. The van der Waals surface area contributed by atoms with Crippen molar-refractivity contribution in [3.63, 3.8) is 0 Å². The van der Waals surface area contributed by atoms with Crippen LogP contribution >= 0.6 is 11.6 Å². The Bertz CT molecular complexity index is 389. The van der Waals surface area contributed by atoms with Gasteiger partial charge < -0.3 is 4.74 Å². The van der Waals surface area contributed by atoms with Gasteiger partial charge in [-0.15, -0.1) is 11.6 Å². The van der Waals surface area contributed by atoms with Gasteiger partial charge in [0.25, 0.3) is 0 Å². The third-order valence-electron chi connectivity index (χ3n) is 3.13.